The molecule has 1 amide bonds. The summed E-state index contributed by atoms with van der Waals surface area (Å²) < 4.78 is 38.1. The first-order chi connectivity index (χ1) is 12.9. The molecule has 1 aliphatic heterocycles. The lowest BCUT2D eigenvalue weighted by Gasteiger charge is -2.31. The van der Waals surface area contributed by atoms with Crippen LogP contribution in [0.5, 0.6) is 11.6 Å². The van der Waals surface area contributed by atoms with Crippen LogP contribution >= 0.6 is 0 Å². The number of benzene rings is 1. The van der Waals surface area contributed by atoms with Gasteiger partial charge in [-0.3, -0.25) is 9.78 Å². The third-order valence-corrected chi connectivity index (χ3v) is 5.89. The summed E-state index contributed by atoms with van der Waals surface area (Å²) in [6.45, 7) is 0.390. The summed E-state index contributed by atoms with van der Waals surface area (Å²) >= 11 is 0. The zero-order chi connectivity index (χ0) is 19.3. The van der Waals surface area contributed by atoms with E-state index in [1.165, 1.54) is 41.0 Å². The molecule has 0 bridgehead atoms. The Morgan fingerprint density at radius 3 is 2.70 bits per heavy atom. The third-order valence-electron chi connectivity index (χ3n) is 4.01. The molecule has 1 aromatic heterocycles. The normalized spacial score (nSPS) is 18.0. The van der Waals surface area contributed by atoms with Gasteiger partial charge in [-0.2, -0.15) is 4.31 Å². The molecule has 10 heteroatoms. The molecule has 0 aliphatic carbocycles. The quantitative estimate of drug-likeness (QED) is 0.730. The number of ether oxygens (including phenoxy) is 2. The molecule has 27 heavy (non-hydrogen) atoms. The molecule has 1 atom stereocenters. The van der Waals surface area contributed by atoms with Gasteiger partial charge in [-0.25, -0.2) is 13.4 Å². The summed E-state index contributed by atoms with van der Waals surface area (Å²) in [6.07, 6.45) is 5.70. The molecule has 0 saturated carbocycles. The average molecular weight is 392 g/mol. The standard InChI is InChI=1S/C17H20N4O5S/c18-16(22)12-25-13-3-5-15(6-4-13)27(23,24)21-9-1-2-14(11-21)26-17-10-19-7-8-20-17/h3-8,10,14H,1-2,9,11-12H2,(H2,18,22)/t14-/m0/s1. The SMILES string of the molecule is NC(=O)COc1ccc(S(=O)(=O)N2CCC[C@H](Oc3cnccn3)C2)cc1. The molecule has 2 aromatic rings. The molecular weight excluding hydrogens is 372 g/mol. The van der Waals surface area contributed by atoms with Crippen LogP contribution in [-0.2, 0) is 14.8 Å². The minimum Gasteiger partial charge on any atom is -0.484 e. The van der Waals surface area contributed by atoms with E-state index in [1.54, 1.807) is 6.20 Å². The monoisotopic (exact) mass is 392 g/mol. The number of carbonyl (C=O) groups is 1. The summed E-state index contributed by atoms with van der Waals surface area (Å²) in [4.78, 5) is 18.9. The summed E-state index contributed by atoms with van der Waals surface area (Å²) in [6, 6.07) is 5.87. The van der Waals surface area contributed by atoms with E-state index in [9.17, 15) is 13.2 Å². The van der Waals surface area contributed by atoms with Crippen LogP contribution in [0.25, 0.3) is 0 Å². The van der Waals surface area contributed by atoms with Crippen molar-refractivity contribution in [3.8, 4) is 11.6 Å². The van der Waals surface area contributed by atoms with Crippen LogP contribution in [0, 0.1) is 0 Å². The summed E-state index contributed by atoms with van der Waals surface area (Å²) in [7, 11) is -3.67. The van der Waals surface area contributed by atoms with Crippen LogP contribution < -0.4 is 15.2 Å². The number of hydrogen-bond donors (Lipinski definition) is 1. The van der Waals surface area contributed by atoms with E-state index in [0.29, 0.717) is 24.6 Å². The number of hydrogen-bond acceptors (Lipinski definition) is 7. The van der Waals surface area contributed by atoms with Crippen LogP contribution in [-0.4, -0.2) is 54.4 Å². The number of primary amides is 1. The molecule has 1 fully saturated rings. The predicted octanol–water partition coefficient (Wildman–Crippen LogP) is 0.573. The van der Waals surface area contributed by atoms with Gasteiger partial charge in [-0.05, 0) is 37.1 Å². The number of carbonyl (C=O) groups excluding carboxylic acids is 1. The molecule has 0 unspecified atom stereocenters. The van der Waals surface area contributed by atoms with Crippen molar-refractivity contribution in [2.24, 2.45) is 5.73 Å². The summed E-state index contributed by atoms with van der Waals surface area (Å²) in [5.41, 5.74) is 5.02. The lowest BCUT2D eigenvalue weighted by atomic mass is 10.1. The Morgan fingerprint density at radius 2 is 2.04 bits per heavy atom. The fraction of sp³-hybridized carbons (Fsp3) is 0.353. The predicted molar refractivity (Wildman–Crippen MR) is 95.6 cm³/mol. The highest BCUT2D eigenvalue weighted by Crippen LogP contribution is 2.24. The summed E-state index contributed by atoms with van der Waals surface area (Å²) in [5.74, 6) is 0.141. The minimum atomic E-state index is -3.67. The number of amides is 1. The van der Waals surface area contributed by atoms with Crippen LogP contribution in [0.2, 0.25) is 0 Å². The first kappa shape index (κ1) is 19.1. The molecule has 9 nitrogen and oxygen atoms in total. The third kappa shape index (κ3) is 4.92. The highest BCUT2D eigenvalue weighted by Gasteiger charge is 2.31. The lowest BCUT2D eigenvalue weighted by Crippen LogP contribution is -2.44. The molecule has 144 valence electrons. The second-order valence-electron chi connectivity index (χ2n) is 6.02. The molecule has 1 saturated heterocycles. The number of piperidine rings is 1. The van der Waals surface area contributed by atoms with Crippen LogP contribution in [0.1, 0.15) is 12.8 Å². The molecule has 2 heterocycles. The van der Waals surface area contributed by atoms with E-state index >= 15 is 0 Å². The maximum absolute atomic E-state index is 12.9. The summed E-state index contributed by atoms with van der Waals surface area (Å²) in [5, 5.41) is 0. The Bertz CT molecular complexity index is 874. The van der Waals surface area contributed by atoms with E-state index in [-0.39, 0.29) is 24.2 Å². The van der Waals surface area contributed by atoms with E-state index in [2.05, 4.69) is 9.97 Å². The molecular formula is C17H20N4O5S. The van der Waals surface area contributed by atoms with Gasteiger partial charge in [0.25, 0.3) is 5.91 Å². The maximum atomic E-state index is 12.9. The van der Waals surface area contributed by atoms with Gasteiger partial charge in [0.1, 0.15) is 11.9 Å². The van der Waals surface area contributed by atoms with Gasteiger partial charge in [0.05, 0.1) is 17.6 Å². The largest absolute Gasteiger partial charge is 0.484 e. The second-order valence-corrected chi connectivity index (χ2v) is 7.95. The molecule has 1 aromatic carbocycles. The van der Waals surface area contributed by atoms with Crippen molar-refractivity contribution < 1.29 is 22.7 Å². The first-order valence-electron chi connectivity index (χ1n) is 8.39. The van der Waals surface area contributed by atoms with Gasteiger partial charge in [0.2, 0.25) is 15.9 Å². The molecule has 0 radical (unpaired) electrons. The van der Waals surface area contributed by atoms with E-state index in [0.717, 1.165) is 6.42 Å². The number of nitrogens with zero attached hydrogens (tertiary/aromatic N) is 3. The smallest absolute Gasteiger partial charge is 0.255 e. The van der Waals surface area contributed by atoms with Crippen molar-refractivity contribution >= 4 is 15.9 Å². The number of rotatable bonds is 7. The van der Waals surface area contributed by atoms with Crippen LogP contribution in [0.3, 0.4) is 0 Å². The molecule has 2 N–H and O–H groups in total. The Morgan fingerprint density at radius 1 is 1.26 bits per heavy atom. The van der Waals surface area contributed by atoms with Crippen molar-refractivity contribution in [3.05, 3.63) is 42.9 Å². The topological polar surface area (TPSA) is 125 Å². The maximum Gasteiger partial charge on any atom is 0.255 e. The Balaban J connectivity index is 1.67. The number of aromatic nitrogens is 2. The fourth-order valence-corrected chi connectivity index (χ4v) is 4.26. The number of nitrogens with two attached hydrogens (primary N) is 1. The molecule has 3 rings (SSSR count). The highest BCUT2D eigenvalue weighted by atomic mass is 32.2. The fourth-order valence-electron chi connectivity index (χ4n) is 2.75. The van der Waals surface area contributed by atoms with Gasteiger partial charge >= 0.3 is 0 Å². The second kappa shape index (κ2) is 8.31. The van der Waals surface area contributed by atoms with Crippen LogP contribution in [0.15, 0.2) is 47.8 Å². The Hall–Kier alpha value is -2.72. The molecule has 1 aliphatic rings. The van der Waals surface area contributed by atoms with Crippen molar-refractivity contribution in [1.82, 2.24) is 14.3 Å². The Kier molecular flexibility index (Phi) is 5.87. The van der Waals surface area contributed by atoms with E-state index < -0.39 is 15.9 Å². The average Bonchev–Trinajstić information content (AvgIpc) is 2.68. The number of sulfonamides is 1. The minimum absolute atomic E-state index is 0.147. The molecule has 0 spiro atoms. The van der Waals surface area contributed by atoms with Gasteiger partial charge < -0.3 is 15.2 Å². The first-order valence-corrected chi connectivity index (χ1v) is 9.83. The Labute approximate surface area is 157 Å². The van der Waals surface area contributed by atoms with Gasteiger partial charge in [-0.15, -0.1) is 0 Å². The van der Waals surface area contributed by atoms with Crippen molar-refractivity contribution in [2.45, 2.75) is 23.8 Å². The van der Waals surface area contributed by atoms with Crippen molar-refractivity contribution in [2.75, 3.05) is 19.7 Å². The highest BCUT2D eigenvalue weighted by molar-refractivity contribution is 7.89. The van der Waals surface area contributed by atoms with Crippen LogP contribution in [0.4, 0.5) is 0 Å². The zero-order valence-electron chi connectivity index (χ0n) is 14.5. The lowest BCUT2D eigenvalue weighted by molar-refractivity contribution is -0.119. The van der Waals surface area contributed by atoms with Gasteiger partial charge in [0, 0.05) is 18.9 Å². The van der Waals surface area contributed by atoms with Crippen molar-refractivity contribution in [3.63, 3.8) is 0 Å². The van der Waals surface area contributed by atoms with Gasteiger partial charge in [0.15, 0.2) is 6.61 Å². The van der Waals surface area contributed by atoms with E-state index in [1.807, 2.05) is 0 Å². The van der Waals surface area contributed by atoms with E-state index in [4.69, 9.17) is 15.2 Å². The zero-order valence-corrected chi connectivity index (χ0v) is 15.3. The van der Waals surface area contributed by atoms with Gasteiger partial charge in [-0.1, -0.05) is 0 Å². The van der Waals surface area contributed by atoms with Crippen molar-refractivity contribution in [1.29, 1.82) is 0 Å².